The van der Waals surface area contributed by atoms with Gasteiger partial charge in [-0.15, -0.1) is 11.6 Å². The normalized spacial score (nSPS) is 27.8. The third-order valence-electron chi connectivity index (χ3n) is 4.82. The van der Waals surface area contributed by atoms with Gasteiger partial charge in [-0.05, 0) is 30.7 Å². The van der Waals surface area contributed by atoms with Gasteiger partial charge >= 0.3 is 0 Å². The van der Waals surface area contributed by atoms with Crippen molar-refractivity contribution in [2.24, 2.45) is 11.8 Å². The number of alkyl halides is 1. The highest BCUT2D eigenvalue weighted by atomic mass is 35.5. The maximum absolute atomic E-state index is 12.4. The van der Waals surface area contributed by atoms with Crippen molar-refractivity contribution in [2.45, 2.75) is 31.6 Å². The zero-order valence-electron chi connectivity index (χ0n) is 12.2. The molecule has 2 aliphatic rings. The fraction of sp³-hybridized carbons (Fsp3) is 0.588. The van der Waals surface area contributed by atoms with E-state index in [4.69, 9.17) is 16.3 Å². The molecule has 114 valence electrons. The zero-order valence-corrected chi connectivity index (χ0v) is 12.9. The van der Waals surface area contributed by atoms with Crippen LogP contribution in [0.4, 0.5) is 0 Å². The number of rotatable bonds is 4. The Labute approximate surface area is 131 Å². The number of hydrogen-bond acceptors (Lipinski definition) is 2. The Bertz CT molecular complexity index is 505. The van der Waals surface area contributed by atoms with E-state index in [0.717, 1.165) is 17.9 Å². The number of fused-ring (bicyclic) bond motifs is 1. The Kier molecular flexibility index (Phi) is 4.69. The van der Waals surface area contributed by atoms with Crippen LogP contribution in [0.1, 0.15) is 37.2 Å². The van der Waals surface area contributed by atoms with E-state index in [1.807, 2.05) is 24.3 Å². The van der Waals surface area contributed by atoms with Crippen LogP contribution >= 0.6 is 11.6 Å². The van der Waals surface area contributed by atoms with Crippen molar-refractivity contribution in [3.8, 4) is 5.75 Å². The smallest absolute Gasteiger partial charge is 0.231 e. The summed E-state index contributed by atoms with van der Waals surface area (Å²) in [7, 11) is 0. The van der Waals surface area contributed by atoms with E-state index in [-0.39, 0.29) is 11.8 Å². The SMILES string of the molecule is O=C(NCC1CCCCC1CCl)C1COc2ccccc21. The minimum atomic E-state index is -0.167. The molecule has 0 aromatic heterocycles. The third kappa shape index (κ3) is 3.18. The van der Waals surface area contributed by atoms with Crippen molar-refractivity contribution in [3.63, 3.8) is 0 Å². The van der Waals surface area contributed by atoms with Crippen molar-refractivity contribution in [1.29, 1.82) is 0 Å². The standard InChI is InChI=1S/C17H22ClNO2/c18-9-12-5-1-2-6-13(12)10-19-17(20)15-11-21-16-8-4-3-7-14(15)16/h3-4,7-8,12-13,15H,1-2,5-6,9-11H2,(H,19,20). The van der Waals surface area contributed by atoms with Crippen LogP contribution in [-0.4, -0.2) is 24.9 Å². The van der Waals surface area contributed by atoms with Gasteiger partial charge in [0.15, 0.2) is 0 Å². The first-order valence-corrected chi connectivity index (χ1v) is 8.38. The van der Waals surface area contributed by atoms with Crippen molar-refractivity contribution >= 4 is 17.5 Å². The molecule has 1 heterocycles. The molecule has 1 aromatic carbocycles. The predicted octanol–water partition coefficient (Wildman–Crippen LogP) is 3.32. The van der Waals surface area contributed by atoms with Gasteiger partial charge in [0.1, 0.15) is 18.3 Å². The van der Waals surface area contributed by atoms with E-state index in [1.165, 1.54) is 25.7 Å². The van der Waals surface area contributed by atoms with E-state index in [1.54, 1.807) is 0 Å². The number of amides is 1. The highest BCUT2D eigenvalue weighted by Gasteiger charge is 2.31. The number of nitrogens with one attached hydrogen (secondary N) is 1. The summed E-state index contributed by atoms with van der Waals surface area (Å²) in [6, 6.07) is 7.80. The number of benzene rings is 1. The fourth-order valence-corrected chi connectivity index (χ4v) is 3.90. The summed E-state index contributed by atoms with van der Waals surface area (Å²) >= 11 is 6.05. The first-order valence-electron chi connectivity index (χ1n) is 7.85. The maximum atomic E-state index is 12.4. The van der Waals surface area contributed by atoms with Gasteiger partial charge in [-0.25, -0.2) is 0 Å². The molecule has 0 bridgehead atoms. The van der Waals surface area contributed by atoms with E-state index in [9.17, 15) is 4.79 Å². The summed E-state index contributed by atoms with van der Waals surface area (Å²) in [5.41, 5.74) is 1.01. The van der Waals surface area contributed by atoms with Crippen LogP contribution in [0.5, 0.6) is 5.75 Å². The van der Waals surface area contributed by atoms with Gasteiger partial charge in [-0.2, -0.15) is 0 Å². The van der Waals surface area contributed by atoms with Gasteiger partial charge in [0.2, 0.25) is 5.91 Å². The van der Waals surface area contributed by atoms with Crippen LogP contribution in [0.3, 0.4) is 0 Å². The van der Waals surface area contributed by atoms with Gasteiger partial charge in [0.25, 0.3) is 0 Å². The van der Waals surface area contributed by atoms with E-state index in [0.29, 0.717) is 24.3 Å². The number of halogens is 1. The quantitative estimate of drug-likeness (QED) is 0.867. The largest absolute Gasteiger partial charge is 0.492 e. The molecule has 0 saturated heterocycles. The average Bonchev–Trinajstić information content (AvgIpc) is 2.97. The molecule has 3 nitrogen and oxygen atoms in total. The Hall–Kier alpha value is -1.22. The average molecular weight is 308 g/mol. The summed E-state index contributed by atoms with van der Waals surface area (Å²) in [4.78, 5) is 12.4. The number of ether oxygens (including phenoxy) is 1. The molecule has 1 aromatic rings. The van der Waals surface area contributed by atoms with Crippen LogP contribution in [0, 0.1) is 11.8 Å². The minimum absolute atomic E-state index is 0.0823. The molecule has 1 saturated carbocycles. The lowest BCUT2D eigenvalue weighted by molar-refractivity contribution is -0.123. The summed E-state index contributed by atoms with van der Waals surface area (Å²) in [6.45, 7) is 1.20. The van der Waals surface area contributed by atoms with Gasteiger partial charge in [0, 0.05) is 18.0 Å². The molecule has 0 radical (unpaired) electrons. The van der Waals surface area contributed by atoms with Gasteiger partial charge in [-0.1, -0.05) is 31.0 Å². The molecule has 21 heavy (non-hydrogen) atoms. The van der Waals surface area contributed by atoms with Crippen LogP contribution < -0.4 is 10.1 Å². The molecule has 3 rings (SSSR count). The lowest BCUT2D eigenvalue weighted by Gasteiger charge is -2.30. The Morgan fingerprint density at radius 3 is 2.81 bits per heavy atom. The fourth-order valence-electron chi connectivity index (χ4n) is 3.49. The summed E-state index contributed by atoms with van der Waals surface area (Å²) in [5, 5.41) is 3.12. The van der Waals surface area contributed by atoms with E-state index >= 15 is 0 Å². The number of carbonyl (C=O) groups excluding carboxylic acids is 1. The molecule has 1 aliphatic carbocycles. The molecule has 3 unspecified atom stereocenters. The van der Waals surface area contributed by atoms with Crippen LogP contribution in [0.15, 0.2) is 24.3 Å². The van der Waals surface area contributed by atoms with E-state index < -0.39 is 0 Å². The van der Waals surface area contributed by atoms with Crippen molar-refractivity contribution in [1.82, 2.24) is 5.32 Å². The second kappa shape index (κ2) is 6.69. The molecule has 1 fully saturated rings. The van der Waals surface area contributed by atoms with Crippen LogP contribution in [-0.2, 0) is 4.79 Å². The molecule has 0 spiro atoms. The molecular weight excluding hydrogens is 286 g/mol. The highest BCUT2D eigenvalue weighted by molar-refractivity contribution is 6.18. The maximum Gasteiger partial charge on any atom is 0.231 e. The summed E-state index contributed by atoms with van der Waals surface area (Å²) in [6.07, 6.45) is 4.89. The van der Waals surface area contributed by atoms with Crippen LogP contribution in [0.2, 0.25) is 0 Å². The first-order chi connectivity index (χ1) is 10.3. The lowest BCUT2D eigenvalue weighted by atomic mass is 9.80. The Morgan fingerprint density at radius 1 is 1.24 bits per heavy atom. The molecule has 1 amide bonds. The first kappa shape index (κ1) is 14.7. The lowest BCUT2D eigenvalue weighted by Crippen LogP contribution is -2.37. The number of hydrogen-bond donors (Lipinski definition) is 1. The van der Waals surface area contributed by atoms with Gasteiger partial charge in [0.05, 0.1) is 0 Å². The Morgan fingerprint density at radius 2 is 2.00 bits per heavy atom. The van der Waals surface area contributed by atoms with Gasteiger partial charge in [-0.3, -0.25) is 4.79 Å². The van der Waals surface area contributed by atoms with Crippen LogP contribution in [0.25, 0.3) is 0 Å². The topological polar surface area (TPSA) is 38.3 Å². The summed E-state index contributed by atoms with van der Waals surface area (Å²) < 4.78 is 5.58. The molecule has 1 aliphatic heterocycles. The highest BCUT2D eigenvalue weighted by Crippen LogP contribution is 2.34. The molecule has 3 atom stereocenters. The summed E-state index contributed by atoms with van der Waals surface area (Å²) in [5.74, 6) is 2.54. The Balaban J connectivity index is 1.57. The van der Waals surface area contributed by atoms with Crippen molar-refractivity contribution in [2.75, 3.05) is 19.0 Å². The zero-order chi connectivity index (χ0) is 14.7. The second-order valence-corrected chi connectivity index (χ2v) is 6.41. The molecule has 1 N–H and O–H groups in total. The predicted molar refractivity (Wildman–Crippen MR) is 83.9 cm³/mol. The molecule has 4 heteroatoms. The number of para-hydroxylation sites is 1. The van der Waals surface area contributed by atoms with Crippen molar-refractivity contribution in [3.05, 3.63) is 29.8 Å². The third-order valence-corrected chi connectivity index (χ3v) is 5.22. The second-order valence-electron chi connectivity index (χ2n) is 6.11. The van der Waals surface area contributed by atoms with Gasteiger partial charge < -0.3 is 10.1 Å². The van der Waals surface area contributed by atoms with E-state index in [2.05, 4.69) is 5.32 Å². The minimum Gasteiger partial charge on any atom is -0.492 e. The van der Waals surface area contributed by atoms with Crippen molar-refractivity contribution < 1.29 is 9.53 Å². The monoisotopic (exact) mass is 307 g/mol. The molecular formula is C17H22ClNO2. The number of carbonyl (C=O) groups is 1.